The van der Waals surface area contributed by atoms with E-state index >= 15 is 0 Å². The number of Topliss-reactive ketones (excluding diaryl/α,β-unsaturated/α-hetero) is 1. The molecule has 0 amide bonds. The molecule has 0 saturated carbocycles. The van der Waals surface area contributed by atoms with Crippen molar-refractivity contribution in [3.05, 3.63) is 56.9 Å². The molecule has 0 radical (unpaired) electrons. The molecule has 0 bridgehead atoms. The maximum absolute atomic E-state index is 12.4. The number of phenolic OH excluding ortho intramolecular Hbond substituents is 1. The van der Waals surface area contributed by atoms with E-state index in [4.69, 9.17) is 9.47 Å². The highest BCUT2D eigenvalue weighted by Gasteiger charge is 2.27. The first-order valence-electron chi connectivity index (χ1n) is 6.78. The molecule has 1 aliphatic heterocycles. The molecular formula is C17H13IO4. The van der Waals surface area contributed by atoms with Crippen molar-refractivity contribution >= 4 is 34.5 Å². The molecule has 4 nitrogen and oxygen atoms in total. The normalized spacial score (nSPS) is 14.8. The van der Waals surface area contributed by atoms with Crippen LogP contribution in [0.4, 0.5) is 0 Å². The lowest BCUT2D eigenvalue weighted by atomic mass is 10.1. The summed E-state index contributed by atoms with van der Waals surface area (Å²) in [5.74, 6) is 1.15. The number of hydrogen-bond acceptors (Lipinski definition) is 4. The van der Waals surface area contributed by atoms with Crippen molar-refractivity contribution in [2.75, 3.05) is 6.61 Å². The van der Waals surface area contributed by atoms with Gasteiger partial charge in [0.2, 0.25) is 5.78 Å². The molecule has 3 rings (SSSR count). The minimum absolute atomic E-state index is 0.0699. The van der Waals surface area contributed by atoms with Crippen LogP contribution in [-0.2, 0) is 0 Å². The van der Waals surface area contributed by atoms with E-state index in [-0.39, 0.29) is 17.3 Å². The zero-order valence-electron chi connectivity index (χ0n) is 11.8. The average molecular weight is 408 g/mol. The summed E-state index contributed by atoms with van der Waals surface area (Å²) in [7, 11) is 0. The second-order valence-corrected chi connectivity index (χ2v) is 5.99. The molecule has 112 valence electrons. The van der Waals surface area contributed by atoms with Crippen LogP contribution < -0.4 is 9.47 Å². The molecule has 2 aromatic carbocycles. The molecule has 22 heavy (non-hydrogen) atoms. The first-order valence-corrected chi connectivity index (χ1v) is 7.86. The topological polar surface area (TPSA) is 55.8 Å². The number of ketones is 1. The van der Waals surface area contributed by atoms with Gasteiger partial charge in [-0.15, -0.1) is 0 Å². The van der Waals surface area contributed by atoms with Crippen LogP contribution in [0.3, 0.4) is 0 Å². The Morgan fingerprint density at radius 3 is 2.86 bits per heavy atom. The third kappa shape index (κ3) is 2.81. The van der Waals surface area contributed by atoms with Gasteiger partial charge in [-0.2, -0.15) is 0 Å². The maximum Gasteiger partial charge on any atom is 0.232 e. The lowest BCUT2D eigenvalue weighted by Crippen LogP contribution is -1.98. The standard InChI is InChI=1S/C17H13IO4/c1-2-21-15-7-10(3-5-13(15)19)8-16-17(20)12-9-11(18)4-6-14(12)22-16/h3-9,19H,2H2,1H3/b16-8-. The van der Waals surface area contributed by atoms with Gasteiger partial charge in [0.05, 0.1) is 12.2 Å². The number of aromatic hydroxyl groups is 1. The fraction of sp³-hybridized carbons (Fsp3) is 0.118. The number of benzene rings is 2. The van der Waals surface area contributed by atoms with Crippen molar-refractivity contribution in [3.63, 3.8) is 0 Å². The molecule has 0 atom stereocenters. The predicted octanol–water partition coefficient (Wildman–Crippen LogP) is 4.01. The maximum atomic E-state index is 12.4. The van der Waals surface area contributed by atoms with Crippen LogP contribution in [0.1, 0.15) is 22.8 Å². The minimum Gasteiger partial charge on any atom is -0.504 e. The van der Waals surface area contributed by atoms with Crippen LogP contribution in [0.5, 0.6) is 17.2 Å². The van der Waals surface area contributed by atoms with Crippen LogP contribution in [0.15, 0.2) is 42.2 Å². The zero-order chi connectivity index (χ0) is 15.7. The summed E-state index contributed by atoms with van der Waals surface area (Å²) in [5, 5.41) is 9.71. The molecule has 5 heteroatoms. The number of hydrogen-bond donors (Lipinski definition) is 1. The number of carbonyl (C=O) groups is 1. The molecule has 1 N–H and O–H groups in total. The van der Waals surface area contributed by atoms with Gasteiger partial charge in [0.1, 0.15) is 5.75 Å². The molecular weight excluding hydrogens is 395 g/mol. The van der Waals surface area contributed by atoms with Crippen LogP contribution in [0.2, 0.25) is 0 Å². The Kier molecular flexibility index (Phi) is 4.06. The van der Waals surface area contributed by atoms with Crippen molar-refractivity contribution in [2.24, 2.45) is 0 Å². The van der Waals surface area contributed by atoms with Crippen LogP contribution in [-0.4, -0.2) is 17.5 Å². The summed E-state index contributed by atoms with van der Waals surface area (Å²) < 4.78 is 11.9. The number of rotatable bonds is 3. The van der Waals surface area contributed by atoms with Gasteiger partial charge in [0.25, 0.3) is 0 Å². The number of allylic oxidation sites excluding steroid dienone is 1. The van der Waals surface area contributed by atoms with Gasteiger partial charge < -0.3 is 14.6 Å². The summed E-state index contributed by atoms with van der Waals surface area (Å²) >= 11 is 2.16. The number of carbonyl (C=O) groups excluding carboxylic acids is 1. The number of phenols is 1. The summed E-state index contributed by atoms with van der Waals surface area (Å²) in [6.07, 6.45) is 1.65. The predicted molar refractivity (Wildman–Crippen MR) is 91.4 cm³/mol. The fourth-order valence-electron chi connectivity index (χ4n) is 2.20. The molecule has 0 saturated heterocycles. The van der Waals surface area contributed by atoms with E-state index < -0.39 is 0 Å². The molecule has 0 spiro atoms. The van der Waals surface area contributed by atoms with E-state index in [2.05, 4.69) is 22.6 Å². The van der Waals surface area contributed by atoms with Crippen LogP contribution in [0.25, 0.3) is 6.08 Å². The fourth-order valence-corrected chi connectivity index (χ4v) is 2.70. The number of fused-ring (bicyclic) bond motifs is 1. The lowest BCUT2D eigenvalue weighted by molar-refractivity contribution is 0.101. The monoisotopic (exact) mass is 408 g/mol. The summed E-state index contributed by atoms with van der Waals surface area (Å²) in [6, 6.07) is 10.4. The first kappa shape index (κ1) is 14.9. The Morgan fingerprint density at radius 1 is 1.27 bits per heavy atom. The van der Waals surface area contributed by atoms with Crippen molar-refractivity contribution < 1.29 is 19.4 Å². The highest BCUT2D eigenvalue weighted by molar-refractivity contribution is 14.1. The zero-order valence-corrected chi connectivity index (χ0v) is 14.0. The second kappa shape index (κ2) is 6.00. The van der Waals surface area contributed by atoms with Crippen LogP contribution >= 0.6 is 22.6 Å². The van der Waals surface area contributed by atoms with E-state index in [1.54, 1.807) is 24.3 Å². The van der Waals surface area contributed by atoms with Gasteiger partial charge in [-0.3, -0.25) is 4.79 Å². The Bertz CT molecular complexity index is 780. The Balaban J connectivity index is 1.94. The van der Waals surface area contributed by atoms with E-state index in [0.717, 1.165) is 9.13 Å². The van der Waals surface area contributed by atoms with Crippen molar-refractivity contribution in [3.8, 4) is 17.2 Å². The van der Waals surface area contributed by atoms with E-state index in [0.29, 0.717) is 23.7 Å². The van der Waals surface area contributed by atoms with Crippen molar-refractivity contribution in [1.29, 1.82) is 0 Å². The van der Waals surface area contributed by atoms with Gasteiger partial charge in [0, 0.05) is 3.57 Å². The third-order valence-electron chi connectivity index (χ3n) is 3.21. The smallest absolute Gasteiger partial charge is 0.232 e. The molecule has 1 heterocycles. The minimum atomic E-state index is -0.139. The highest BCUT2D eigenvalue weighted by atomic mass is 127. The van der Waals surface area contributed by atoms with E-state index in [1.807, 2.05) is 19.1 Å². The van der Waals surface area contributed by atoms with Crippen LogP contribution in [0, 0.1) is 3.57 Å². The summed E-state index contributed by atoms with van der Waals surface area (Å²) in [6.45, 7) is 2.29. The quantitative estimate of drug-likeness (QED) is 0.616. The lowest BCUT2D eigenvalue weighted by Gasteiger charge is -2.06. The van der Waals surface area contributed by atoms with Gasteiger partial charge >= 0.3 is 0 Å². The van der Waals surface area contributed by atoms with Gasteiger partial charge in [-0.25, -0.2) is 0 Å². The SMILES string of the molecule is CCOc1cc(/C=C2\Oc3ccc(I)cc3C2=O)ccc1O. The molecule has 2 aromatic rings. The molecule has 0 unspecified atom stereocenters. The number of halogens is 1. The molecule has 1 aliphatic rings. The van der Waals surface area contributed by atoms with Gasteiger partial charge in [-0.05, 0) is 71.5 Å². The van der Waals surface area contributed by atoms with Crippen molar-refractivity contribution in [1.82, 2.24) is 0 Å². The Morgan fingerprint density at radius 2 is 2.09 bits per heavy atom. The number of ether oxygens (including phenoxy) is 2. The van der Waals surface area contributed by atoms with E-state index in [9.17, 15) is 9.90 Å². The summed E-state index contributed by atoms with van der Waals surface area (Å²) in [5.41, 5.74) is 1.30. The largest absolute Gasteiger partial charge is 0.504 e. The Labute approximate surface area is 141 Å². The Hall–Kier alpha value is -2.02. The second-order valence-electron chi connectivity index (χ2n) is 4.74. The molecule has 0 aliphatic carbocycles. The third-order valence-corrected chi connectivity index (χ3v) is 3.88. The van der Waals surface area contributed by atoms with Gasteiger partial charge in [0.15, 0.2) is 17.3 Å². The van der Waals surface area contributed by atoms with Crippen molar-refractivity contribution in [2.45, 2.75) is 6.92 Å². The first-order chi connectivity index (χ1) is 10.6. The van der Waals surface area contributed by atoms with E-state index in [1.165, 1.54) is 6.07 Å². The molecule has 0 fully saturated rings. The highest BCUT2D eigenvalue weighted by Crippen LogP contribution is 2.34. The van der Waals surface area contributed by atoms with Gasteiger partial charge in [-0.1, -0.05) is 6.07 Å². The summed E-state index contributed by atoms with van der Waals surface area (Å²) in [4.78, 5) is 12.4. The average Bonchev–Trinajstić information content (AvgIpc) is 2.79. The molecule has 0 aromatic heterocycles.